The number of quaternary nitrogens is 1. The highest BCUT2D eigenvalue weighted by Crippen LogP contribution is 2.42. The molecule has 3 unspecified atom stereocenters. The molecule has 0 spiro atoms. The summed E-state index contributed by atoms with van der Waals surface area (Å²) in [6, 6.07) is 0. The summed E-state index contributed by atoms with van der Waals surface area (Å²) in [7, 11) is 4.27. The Balaban J connectivity index is 0. The topological polar surface area (TPSA) is 128 Å². The second kappa shape index (κ2) is 55.4. The van der Waals surface area contributed by atoms with E-state index in [-0.39, 0.29) is 19.3 Å². The van der Waals surface area contributed by atoms with Gasteiger partial charge in [-0.1, -0.05) is 238 Å². The molecule has 0 radical (unpaired) electrons. The molecular formula is C61H119NO7. The molecule has 410 valence electrons. The molecule has 8 nitrogen and oxygen atoms in total. The van der Waals surface area contributed by atoms with Crippen molar-refractivity contribution in [2.75, 3.05) is 33.9 Å². The fourth-order valence-electron chi connectivity index (χ4n) is 10.2. The first kappa shape index (κ1) is 69.1. The number of carbonyl (C=O) groups is 3. The fraction of sp³-hybridized carbons (Fsp3) is 0.918. The average Bonchev–Trinajstić information content (AvgIpc) is 3.31. The van der Waals surface area contributed by atoms with Crippen LogP contribution in [0.15, 0.2) is 11.6 Å². The van der Waals surface area contributed by atoms with Crippen molar-refractivity contribution < 1.29 is 39.3 Å². The fourth-order valence-corrected chi connectivity index (χ4v) is 10.2. The number of rotatable bonds is 54. The van der Waals surface area contributed by atoms with Crippen LogP contribution >= 0.6 is 0 Å². The Hall–Kier alpha value is -1.93. The maximum atomic E-state index is 11.2. The van der Waals surface area contributed by atoms with Gasteiger partial charge < -0.3 is 29.8 Å². The maximum Gasteiger partial charge on any atom is 0.303 e. The molecule has 0 aliphatic rings. The number of unbranched alkanes of at least 4 members (excludes halogenated alkanes) is 29. The quantitative estimate of drug-likeness (QED) is 0.0409. The summed E-state index contributed by atoms with van der Waals surface area (Å²) in [6.45, 7) is 12.0. The van der Waals surface area contributed by atoms with Crippen molar-refractivity contribution in [3.8, 4) is 0 Å². The molecule has 0 amide bonds. The van der Waals surface area contributed by atoms with E-state index in [0.717, 1.165) is 96.3 Å². The molecule has 0 bridgehead atoms. The minimum Gasteiger partial charge on any atom is -0.550 e. The number of nitrogens with one attached hydrogen (secondary N) is 1. The summed E-state index contributed by atoms with van der Waals surface area (Å²) in [4.78, 5) is 34.6. The highest BCUT2D eigenvalue weighted by molar-refractivity contribution is 5.66. The van der Waals surface area contributed by atoms with Crippen LogP contribution in [0.2, 0.25) is 0 Å². The van der Waals surface area contributed by atoms with Crippen LogP contribution in [0, 0.1) is 17.8 Å². The number of hydrogen-bond acceptors (Lipinski definition) is 5. The molecule has 0 aromatic rings. The number of carboxylic acid groups (broad SMARTS) is 3. The lowest BCUT2D eigenvalue weighted by Gasteiger charge is -2.37. The Bertz CT molecular complexity index is 1130. The van der Waals surface area contributed by atoms with E-state index in [9.17, 15) is 24.6 Å². The zero-order chi connectivity index (χ0) is 51.3. The number of ether oxygens (including phenoxy) is 1. The first-order chi connectivity index (χ1) is 33.5. The van der Waals surface area contributed by atoms with Gasteiger partial charge in [0, 0.05) is 25.4 Å². The first-order valence-corrected chi connectivity index (χ1v) is 30.2. The summed E-state index contributed by atoms with van der Waals surface area (Å²) in [5, 5.41) is 29.2. The van der Waals surface area contributed by atoms with Crippen LogP contribution < -0.4 is 10.0 Å². The minimum atomic E-state index is -0.924. The number of likely N-dealkylation sites (N-methyl/N-ethyl adjacent to an activating group) is 1. The van der Waals surface area contributed by atoms with Crippen molar-refractivity contribution in [3.05, 3.63) is 11.6 Å². The Kier molecular flexibility index (Phi) is 55.5. The normalized spacial score (nSPS) is 13.1. The molecule has 0 heterocycles. The van der Waals surface area contributed by atoms with Gasteiger partial charge in [0.15, 0.2) is 0 Å². The summed E-state index contributed by atoms with van der Waals surface area (Å²) in [5.41, 5.74) is 1.78. The molecule has 0 fully saturated rings. The summed E-state index contributed by atoms with van der Waals surface area (Å²) >= 11 is 0. The number of hydrogen-bond donors (Lipinski definition) is 3. The van der Waals surface area contributed by atoms with Gasteiger partial charge in [-0.2, -0.15) is 0 Å². The number of carbonyl (C=O) groups excluding carboxylic acids is 1. The molecular weight excluding hydrogens is 859 g/mol. The SMILES string of the molecule is CCCCCCCC/C(=C/CCCCCCCC(=O)O)C(CCCCCCCC)C(CCCCCCCC(=O)O)C(CCCCCCCC)CCCCCCCCC(=O)[O-].CCCOCC[NH+](C)C. The zero-order valence-electron chi connectivity index (χ0n) is 47.0. The van der Waals surface area contributed by atoms with Crippen molar-refractivity contribution in [1.29, 1.82) is 0 Å². The van der Waals surface area contributed by atoms with E-state index < -0.39 is 17.9 Å². The Morgan fingerprint density at radius 2 is 0.826 bits per heavy atom. The second-order valence-corrected chi connectivity index (χ2v) is 21.4. The van der Waals surface area contributed by atoms with E-state index in [4.69, 9.17) is 9.84 Å². The molecule has 3 atom stereocenters. The molecule has 0 saturated carbocycles. The third-order valence-corrected chi connectivity index (χ3v) is 14.4. The average molecular weight is 979 g/mol. The minimum absolute atomic E-state index is 0.183. The van der Waals surface area contributed by atoms with Crippen molar-refractivity contribution >= 4 is 17.9 Å². The van der Waals surface area contributed by atoms with Gasteiger partial charge in [-0.3, -0.25) is 9.59 Å². The lowest BCUT2D eigenvalue weighted by atomic mass is 9.68. The molecule has 0 aromatic carbocycles. The number of allylic oxidation sites excluding steroid dienone is 2. The van der Waals surface area contributed by atoms with Gasteiger partial charge in [0.2, 0.25) is 0 Å². The Morgan fingerprint density at radius 3 is 1.25 bits per heavy atom. The van der Waals surface area contributed by atoms with Crippen LogP contribution in [-0.4, -0.2) is 62.0 Å². The van der Waals surface area contributed by atoms with E-state index in [1.165, 1.54) is 198 Å². The van der Waals surface area contributed by atoms with Crippen molar-refractivity contribution in [2.45, 2.75) is 310 Å². The van der Waals surface area contributed by atoms with Crippen LogP contribution in [0.3, 0.4) is 0 Å². The van der Waals surface area contributed by atoms with Crippen LogP contribution in [0.1, 0.15) is 310 Å². The molecule has 0 aromatic heterocycles. The summed E-state index contributed by atoms with van der Waals surface area (Å²) in [6.07, 6.45) is 53.5. The van der Waals surface area contributed by atoms with Gasteiger partial charge in [0.1, 0.15) is 6.54 Å². The van der Waals surface area contributed by atoms with E-state index in [0.29, 0.717) is 11.8 Å². The molecule has 0 saturated heterocycles. The van der Waals surface area contributed by atoms with Crippen molar-refractivity contribution in [2.24, 2.45) is 17.8 Å². The first-order valence-electron chi connectivity index (χ1n) is 30.2. The summed E-state index contributed by atoms with van der Waals surface area (Å²) < 4.78 is 5.27. The standard InChI is InChI=1S/C54H102O6.C7H17NO/c1-4-7-10-13-21-30-39-48(41-32-23-16-18-27-36-45-52(55)56)50(43-34-25-15-12-9-6-3)51(44-35-26-20-29-38-47-54(59)60)49(40-31-22-14-11-8-5-2)42-33-24-17-19-28-37-46-53(57)58;1-4-6-9-7-5-8(2)3/h41,49-51H,4-40,42-47H2,1-3H3,(H,55,56)(H,57,58)(H,59,60);4-7H2,1-3H3/b48-41-;. The largest absolute Gasteiger partial charge is 0.550 e. The Labute approximate surface area is 429 Å². The van der Waals surface area contributed by atoms with Gasteiger partial charge in [-0.15, -0.1) is 0 Å². The van der Waals surface area contributed by atoms with E-state index >= 15 is 0 Å². The maximum absolute atomic E-state index is 11.2. The molecule has 8 heteroatoms. The highest BCUT2D eigenvalue weighted by atomic mass is 16.5. The highest BCUT2D eigenvalue weighted by Gasteiger charge is 2.31. The molecule has 3 N–H and O–H groups in total. The third-order valence-electron chi connectivity index (χ3n) is 14.4. The van der Waals surface area contributed by atoms with Gasteiger partial charge in [-0.25, -0.2) is 0 Å². The lowest BCUT2D eigenvalue weighted by molar-refractivity contribution is -0.858. The van der Waals surface area contributed by atoms with Gasteiger partial charge in [0.25, 0.3) is 0 Å². The number of aliphatic carboxylic acids is 3. The predicted molar refractivity (Wildman–Crippen MR) is 293 cm³/mol. The van der Waals surface area contributed by atoms with Gasteiger partial charge in [0.05, 0.1) is 20.7 Å². The van der Waals surface area contributed by atoms with E-state index in [2.05, 4.69) is 47.9 Å². The molecule has 69 heavy (non-hydrogen) atoms. The van der Waals surface area contributed by atoms with Crippen molar-refractivity contribution in [3.63, 3.8) is 0 Å². The van der Waals surface area contributed by atoms with Crippen LogP contribution in [-0.2, 0) is 19.1 Å². The lowest BCUT2D eigenvalue weighted by Crippen LogP contribution is -3.06. The van der Waals surface area contributed by atoms with E-state index in [1.807, 2.05) is 0 Å². The molecule has 0 rings (SSSR count). The Morgan fingerprint density at radius 1 is 0.449 bits per heavy atom. The number of carboxylic acids is 3. The third kappa shape index (κ3) is 52.2. The van der Waals surface area contributed by atoms with Crippen LogP contribution in [0.5, 0.6) is 0 Å². The predicted octanol–water partition coefficient (Wildman–Crippen LogP) is 16.1. The monoisotopic (exact) mass is 978 g/mol. The molecule has 0 aliphatic carbocycles. The van der Waals surface area contributed by atoms with E-state index in [1.54, 1.807) is 5.57 Å². The van der Waals surface area contributed by atoms with Crippen LogP contribution in [0.4, 0.5) is 0 Å². The zero-order valence-corrected chi connectivity index (χ0v) is 47.0. The smallest absolute Gasteiger partial charge is 0.303 e. The molecule has 0 aliphatic heterocycles. The van der Waals surface area contributed by atoms with Crippen molar-refractivity contribution in [1.82, 2.24) is 0 Å². The van der Waals surface area contributed by atoms with Gasteiger partial charge in [-0.05, 0) is 88.4 Å². The second-order valence-electron chi connectivity index (χ2n) is 21.4. The van der Waals surface area contributed by atoms with Gasteiger partial charge >= 0.3 is 11.9 Å². The summed E-state index contributed by atoms with van der Waals surface area (Å²) in [5.74, 6) is -0.210. The van der Waals surface area contributed by atoms with Crippen LogP contribution in [0.25, 0.3) is 0 Å².